The summed E-state index contributed by atoms with van der Waals surface area (Å²) in [5.41, 5.74) is 0.389. The largest absolute Gasteiger partial charge is 0.375 e. The second-order valence-corrected chi connectivity index (χ2v) is 4.88. The molecule has 0 unspecified atom stereocenters. The number of nitrogens with one attached hydrogen (secondary N) is 1. The van der Waals surface area contributed by atoms with E-state index in [0.29, 0.717) is 22.4 Å². The Morgan fingerprint density at radius 2 is 2.11 bits per heavy atom. The highest BCUT2D eigenvalue weighted by Gasteiger charge is 2.12. The second kappa shape index (κ2) is 6.94. The van der Waals surface area contributed by atoms with Gasteiger partial charge in [-0.2, -0.15) is 0 Å². The Hall–Kier alpha value is -0.820. The van der Waals surface area contributed by atoms with Gasteiger partial charge in [0.2, 0.25) is 0 Å². The molecular formula is C11H15BrF2N2O2. The van der Waals surface area contributed by atoms with Crippen LogP contribution in [0, 0.1) is 0 Å². The first-order valence-corrected chi connectivity index (χ1v) is 6.35. The summed E-state index contributed by atoms with van der Waals surface area (Å²) in [6.45, 7) is 3.34. The smallest absolute Gasteiger partial charge is 0.265 e. The summed E-state index contributed by atoms with van der Waals surface area (Å²) in [5.74, 6) is 0.545. The number of nitrogens with zero attached hydrogens (tertiary/aromatic N) is 1. The number of ether oxygens (including phenoxy) is 1. The fourth-order valence-electron chi connectivity index (χ4n) is 1.37. The average molecular weight is 325 g/mol. The molecule has 102 valence electrons. The number of rotatable bonds is 6. The zero-order valence-corrected chi connectivity index (χ0v) is 11.8. The summed E-state index contributed by atoms with van der Waals surface area (Å²) in [6, 6.07) is 0. The molecule has 1 N–H and O–H groups in total. The van der Waals surface area contributed by atoms with Gasteiger partial charge in [-0.05, 0) is 21.8 Å². The summed E-state index contributed by atoms with van der Waals surface area (Å²) in [5, 5.41) is 0. The molecule has 0 spiro atoms. The minimum Gasteiger partial charge on any atom is -0.375 e. The van der Waals surface area contributed by atoms with E-state index in [0.717, 1.165) is 0 Å². The van der Waals surface area contributed by atoms with E-state index in [1.54, 1.807) is 0 Å². The van der Waals surface area contributed by atoms with Gasteiger partial charge in [-0.15, -0.1) is 0 Å². The summed E-state index contributed by atoms with van der Waals surface area (Å²) < 4.78 is 28.8. The predicted octanol–water partition coefficient (Wildman–Crippen LogP) is 2.48. The molecule has 1 aromatic rings. The Morgan fingerprint density at radius 3 is 2.67 bits per heavy atom. The van der Waals surface area contributed by atoms with Crippen molar-refractivity contribution in [1.29, 1.82) is 0 Å². The number of aromatic nitrogens is 2. The number of halogens is 3. The molecule has 0 saturated heterocycles. The van der Waals surface area contributed by atoms with Crippen molar-refractivity contribution >= 4 is 15.9 Å². The fraction of sp³-hybridized carbons (Fsp3) is 0.636. The van der Waals surface area contributed by atoms with E-state index < -0.39 is 13.0 Å². The Bertz CT molecular complexity index is 449. The van der Waals surface area contributed by atoms with Gasteiger partial charge in [-0.3, -0.25) is 4.79 Å². The van der Waals surface area contributed by atoms with Crippen LogP contribution in [-0.4, -0.2) is 29.6 Å². The topological polar surface area (TPSA) is 55.0 Å². The highest BCUT2D eigenvalue weighted by Crippen LogP contribution is 2.18. The monoisotopic (exact) mass is 324 g/mol. The Morgan fingerprint density at radius 1 is 1.44 bits per heavy atom. The zero-order valence-electron chi connectivity index (χ0n) is 10.2. The number of hydrogen-bond donors (Lipinski definition) is 1. The van der Waals surface area contributed by atoms with E-state index in [1.165, 1.54) is 0 Å². The van der Waals surface area contributed by atoms with Crippen molar-refractivity contribution in [3.63, 3.8) is 0 Å². The van der Waals surface area contributed by atoms with Crippen molar-refractivity contribution in [2.24, 2.45) is 0 Å². The van der Waals surface area contributed by atoms with Crippen LogP contribution in [0.25, 0.3) is 0 Å². The first-order chi connectivity index (χ1) is 8.41. The minimum absolute atomic E-state index is 0.0995. The molecule has 0 bridgehead atoms. The third-order valence-corrected chi connectivity index (χ3v) is 2.98. The second-order valence-electron chi connectivity index (χ2n) is 4.08. The predicted molar refractivity (Wildman–Crippen MR) is 67.2 cm³/mol. The molecule has 0 aliphatic rings. The number of aromatic amines is 1. The molecule has 0 aliphatic heterocycles. The van der Waals surface area contributed by atoms with E-state index in [1.807, 2.05) is 13.8 Å². The Kier molecular flexibility index (Phi) is 5.87. The van der Waals surface area contributed by atoms with Crippen LogP contribution >= 0.6 is 15.9 Å². The van der Waals surface area contributed by atoms with Crippen LogP contribution in [0.1, 0.15) is 31.3 Å². The lowest BCUT2D eigenvalue weighted by Crippen LogP contribution is -2.18. The van der Waals surface area contributed by atoms with Gasteiger partial charge in [0.05, 0.1) is 12.3 Å². The fourth-order valence-corrected chi connectivity index (χ4v) is 2.01. The first-order valence-electron chi connectivity index (χ1n) is 5.56. The third kappa shape index (κ3) is 4.45. The molecule has 0 aromatic carbocycles. The average Bonchev–Trinajstić information content (AvgIpc) is 2.28. The maximum Gasteiger partial charge on any atom is 0.265 e. The van der Waals surface area contributed by atoms with Gasteiger partial charge in [0.15, 0.2) is 0 Å². The van der Waals surface area contributed by atoms with Crippen LogP contribution < -0.4 is 5.56 Å². The first kappa shape index (κ1) is 15.2. The highest BCUT2D eigenvalue weighted by molar-refractivity contribution is 9.10. The molecule has 0 radical (unpaired) electrons. The lowest BCUT2D eigenvalue weighted by Gasteiger charge is -2.09. The molecule has 0 amide bonds. The van der Waals surface area contributed by atoms with Gasteiger partial charge in [0.1, 0.15) is 16.9 Å². The minimum atomic E-state index is -2.48. The third-order valence-electron chi connectivity index (χ3n) is 2.21. The zero-order chi connectivity index (χ0) is 13.7. The SMILES string of the molecule is CC(C)c1nc(CCOCC(F)F)[nH]c(=O)c1Br. The molecule has 7 heteroatoms. The molecule has 1 aromatic heterocycles. The molecular weight excluding hydrogens is 310 g/mol. The molecule has 0 atom stereocenters. The van der Waals surface area contributed by atoms with Gasteiger partial charge < -0.3 is 9.72 Å². The normalized spacial score (nSPS) is 11.5. The maximum atomic E-state index is 11.8. The lowest BCUT2D eigenvalue weighted by molar-refractivity contribution is 0.0182. The van der Waals surface area contributed by atoms with Crippen LogP contribution in [-0.2, 0) is 11.2 Å². The molecule has 1 rings (SSSR count). The molecule has 1 heterocycles. The molecule has 0 saturated carbocycles. The quantitative estimate of drug-likeness (QED) is 0.818. The van der Waals surface area contributed by atoms with Crippen LogP contribution in [0.2, 0.25) is 0 Å². The van der Waals surface area contributed by atoms with Crippen molar-refractivity contribution in [2.45, 2.75) is 32.6 Å². The number of alkyl halides is 2. The van der Waals surface area contributed by atoms with Crippen molar-refractivity contribution in [1.82, 2.24) is 9.97 Å². The van der Waals surface area contributed by atoms with E-state index in [2.05, 4.69) is 25.9 Å². The van der Waals surface area contributed by atoms with E-state index >= 15 is 0 Å². The van der Waals surface area contributed by atoms with Crippen molar-refractivity contribution in [2.75, 3.05) is 13.2 Å². The van der Waals surface area contributed by atoms with Gasteiger partial charge in [-0.1, -0.05) is 13.8 Å². The lowest BCUT2D eigenvalue weighted by atomic mass is 10.1. The van der Waals surface area contributed by atoms with Crippen molar-refractivity contribution < 1.29 is 13.5 Å². The van der Waals surface area contributed by atoms with E-state index in [4.69, 9.17) is 4.74 Å². The number of H-pyrrole nitrogens is 1. The van der Waals surface area contributed by atoms with E-state index in [-0.39, 0.29) is 18.1 Å². The van der Waals surface area contributed by atoms with Crippen molar-refractivity contribution in [3.05, 3.63) is 26.3 Å². The van der Waals surface area contributed by atoms with Crippen LogP contribution in [0.15, 0.2) is 9.27 Å². The van der Waals surface area contributed by atoms with Crippen LogP contribution in [0.4, 0.5) is 8.78 Å². The summed E-state index contributed by atoms with van der Waals surface area (Å²) >= 11 is 3.18. The Balaban J connectivity index is 2.70. The van der Waals surface area contributed by atoms with Crippen molar-refractivity contribution in [3.8, 4) is 0 Å². The van der Waals surface area contributed by atoms with Gasteiger partial charge in [0.25, 0.3) is 12.0 Å². The molecule has 0 fully saturated rings. The standard InChI is InChI=1S/C11H15BrF2N2O2/c1-6(2)10-9(12)11(17)16-8(15-10)3-4-18-5-7(13)14/h6-7H,3-5H2,1-2H3,(H,15,16,17). The molecule has 0 aliphatic carbocycles. The Labute approximate surface area is 112 Å². The van der Waals surface area contributed by atoms with Gasteiger partial charge in [-0.25, -0.2) is 13.8 Å². The van der Waals surface area contributed by atoms with Crippen LogP contribution in [0.5, 0.6) is 0 Å². The summed E-state index contributed by atoms with van der Waals surface area (Å²) in [6.07, 6.45) is -2.18. The number of hydrogen-bond acceptors (Lipinski definition) is 3. The van der Waals surface area contributed by atoms with Crippen LogP contribution in [0.3, 0.4) is 0 Å². The molecule has 4 nitrogen and oxygen atoms in total. The van der Waals surface area contributed by atoms with Gasteiger partial charge >= 0.3 is 0 Å². The summed E-state index contributed by atoms with van der Waals surface area (Å²) in [7, 11) is 0. The maximum absolute atomic E-state index is 11.8. The van der Waals surface area contributed by atoms with E-state index in [9.17, 15) is 13.6 Å². The summed E-state index contributed by atoms with van der Waals surface area (Å²) in [4.78, 5) is 18.5. The highest BCUT2D eigenvalue weighted by atomic mass is 79.9. The molecule has 18 heavy (non-hydrogen) atoms. The van der Waals surface area contributed by atoms with Gasteiger partial charge in [0, 0.05) is 6.42 Å².